The number of aromatic nitrogens is 2. The van der Waals surface area contributed by atoms with E-state index in [1.54, 1.807) is 42.7 Å². The first-order chi connectivity index (χ1) is 14.6. The maximum atomic E-state index is 13.1. The molecular weight excluding hydrogens is 440 g/mol. The highest BCUT2D eigenvalue weighted by molar-refractivity contribution is 7.99. The summed E-state index contributed by atoms with van der Waals surface area (Å²) in [6.45, 7) is 0. The van der Waals surface area contributed by atoms with Crippen LogP contribution >= 0.6 is 34.7 Å². The molecule has 0 radical (unpaired) electrons. The first-order valence-corrected chi connectivity index (χ1v) is 11.7. The average Bonchev–Trinajstić information content (AvgIpc) is 3.12. The molecule has 0 spiro atoms. The Labute approximate surface area is 187 Å². The predicted molar refractivity (Wildman–Crippen MR) is 122 cm³/mol. The van der Waals surface area contributed by atoms with Crippen molar-refractivity contribution in [2.24, 2.45) is 0 Å². The summed E-state index contributed by atoms with van der Waals surface area (Å²) in [6, 6.07) is 8.70. The van der Waals surface area contributed by atoms with Crippen LogP contribution < -0.4 is 10.6 Å². The molecule has 0 saturated carbocycles. The summed E-state index contributed by atoms with van der Waals surface area (Å²) in [6.07, 6.45) is 7.20. The van der Waals surface area contributed by atoms with Gasteiger partial charge in [-0.1, -0.05) is 23.4 Å². The molecule has 0 unspecified atom stereocenters. The van der Waals surface area contributed by atoms with Gasteiger partial charge in [-0.25, -0.2) is 9.97 Å². The largest absolute Gasteiger partial charge is 0.322 e. The summed E-state index contributed by atoms with van der Waals surface area (Å²) in [7, 11) is 0. The number of thioether (sulfide) groups is 1. The van der Waals surface area contributed by atoms with Crippen molar-refractivity contribution >= 4 is 57.2 Å². The van der Waals surface area contributed by atoms with E-state index in [-0.39, 0.29) is 17.6 Å². The van der Waals surface area contributed by atoms with Crippen LogP contribution in [0.1, 0.15) is 33.6 Å². The Kier molecular flexibility index (Phi) is 6.66. The molecule has 1 aromatic carbocycles. The van der Waals surface area contributed by atoms with Crippen LogP contribution in [0.3, 0.4) is 0 Å². The van der Waals surface area contributed by atoms with Gasteiger partial charge >= 0.3 is 0 Å². The molecule has 2 N–H and O–H groups in total. The fourth-order valence-corrected chi connectivity index (χ4v) is 5.31. The third-order valence-electron chi connectivity index (χ3n) is 4.63. The van der Waals surface area contributed by atoms with Gasteiger partial charge in [-0.15, -0.1) is 11.3 Å². The molecule has 9 heteroatoms. The Morgan fingerprint density at radius 2 is 1.80 bits per heavy atom. The zero-order valence-corrected chi connectivity index (χ0v) is 18.4. The van der Waals surface area contributed by atoms with E-state index in [4.69, 9.17) is 11.6 Å². The van der Waals surface area contributed by atoms with Crippen molar-refractivity contribution in [1.29, 1.82) is 0 Å². The number of anilines is 2. The van der Waals surface area contributed by atoms with Gasteiger partial charge in [0.05, 0.1) is 11.3 Å². The van der Waals surface area contributed by atoms with Crippen LogP contribution in [0.5, 0.6) is 0 Å². The monoisotopic (exact) mass is 458 g/mol. The predicted octanol–water partition coefficient (Wildman–Crippen LogP) is 5.05. The number of halogens is 1. The molecule has 6 nitrogen and oxygen atoms in total. The number of thiophene rings is 1. The van der Waals surface area contributed by atoms with Crippen molar-refractivity contribution in [3.05, 3.63) is 63.8 Å². The molecule has 1 aliphatic carbocycles. The highest BCUT2D eigenvalue weighted by Gasteiger charge is 2.26. The number of hydrogen-bond donors (Lipinski definition) is 2. The zero-order valence-electron chi connectivity index (χ0n) is 16.0. The smallest absolute Gasteiger partial charge is 0.258 e. The lowest BCUT2D eigenvalue weighted by Gasteiger charge is -2.13. The molecule has 3 aromatic rings. The molecule has 0 saturated heterocycles. The maximum Gasteiger partial charge on any atom is 0.258 e. The van der Waals surface area contributed by atoms with E-state index < -0.39 is 0 Å². The Hall–Kier alpha value is -2.42. The van der Waals surface area contributed by atoms with Gasteiger partial charge in [0.25, 0.3) is 5.91 Å². The quantitative estimate of drug-likeness (QED) is 0.398. The minimum atomic E-state index is -0.217. The molecule has 0 bridgehead atoms. The van der Waals surface area contributed by atoms with Crippen LogP contribution in [0.25, 0.3) is 0 Å². The van der Waals surface area contributed by atoms with Gasteiger partial charge < -0.3 is 10.6 Å². The normalized spacial score (nSPS) is 12.8. The summed E-state index contributed by atoms with van der Waals surface area (Å²) >= 11 is 8.69. The number of nitrogens with one attached hydrogen (secondary N) is 2. The van der Waals surface area contributed by atoms with E-state index >= 15 is 0 Å². The third kappa shape index (κ3) is 5.00. The first-order valence-electron chi connectivity index (χ1n) is 9.51. The van der Waals surface area contributed by atoms with E-state index in [1.807, 2.05) is 0 Å². The molecule has 2 aromatic heterocycles. The lowest BCUT2D eigenvalue weighted by atomic mass is 9.95. The number of amides is 2. The van der Waals surface area contributed by atoms with E-state index in [2.05, 4.69) is 20.6 Å². The number of carbonyl (C=O) groups excluding carboxylic acids is 2. The summed E-state index contributed by atoms with van der Waals surface area (Å²) in [5.74, 6) is -0.233. The van der Waals surface area contributed by atoms with Gasteiger partial charge in [0.2, 0.25) is 5.91 Å². The van der Waals surface area contributed by atoms with Crippen molar-refractivity contribution in [3.63, 3.8) is 0 Å². The van der Waals surface area contributed by atoms with Crippen LogP contribution in [-0.4, -0.2) is 27.5 Å². The number of rotatable bonds is 6. The fourth-order valence-electron chi connectivity index (χ4n) is 3.27. The summed E-state index contributed by atoms with van der Waals surface area (Å²) < 4.78 is 0. The van der Waals surface area contributed by atoms with Crippen molar-refractivity contribution in [3.8, 4) is 0 Å². The second kappa shape index (κ2) is 9.59. The lowest BCUT2D eigenvalue weighted by molar-refractivity contribution is -0.113. The zero-order chi connectivity index (χ0) is 20.9. The molecule has 154 valence electrons. The number of benzene rings is 1. The molecule has 30 heavy (non-hydrogen) atoms. The molecule has 0 fully saturated rings. The lowest BCUT2D eigenvalue weighted by Crippen LogP contribution is -2.19. The van der Waals surface area contributed by atoms with Gasteiger partial charge in [0.15, 0.2) is 5.16 Å². The Morgan fingerprint density at radius 1 is 1.07 bits per heavy atom. The fraction of sp³-hybridized carbons (Fsp3) is 0.238. The number of hydrogen-bond acceptors (Lipinski definition) is 6. The van der Waals surface area contributed by atoms with Gasteiger partial charge in [-0.2, -0.15) is 0 Å². The summed E-state index contributed by atoms with van der Waals surface area (Å²) in [4.78, 5) is 35.0. The number of carbonyl (C=O) groups is 2. The van der Waals surface area contributed by atoms with Crippen molar-refractivity contribution in [2.45, 2.75) is 30.8 Å². The molecule has 2 heterocycles. The van der Waals surface area contributed by atoms with Crippen LogP contribution in [0.2, 0.25) is 5.02 Å². The van der Waals surface area contributed by atoms with E-state index in [0.29, 0.717) is 26.4 Å². The van der Waals surface area contributed by atoms with Gasteiger partial charge in [0, 0.05) is 28.0 Å². The highest BCUT2D eigenvalue weighted by atomic mass is 35.5. The van der Waals surface area contributed by atoms with Crippen LogP contribution in [0, 0.1) is 0 Å². The summed E-state index contributed by atoms with van der Waals surface area (Å²) in [5.41, 5.74) is 2.28. The maximum absolute atomic E-state index is 13.1. The summed E-state index contributed by atoms with van der Waals surface area (Å²) in [5, 5.41) is 7.61. The van der Waals surface area contributed by atoms with Gasteiger partial charge in [0.1, 0.15) is 5.00 Å². The third-order valence-corrected chi connectivity index (χ3v) is 6.96. The number of aryl methyl sites for hydroxylation is 1. The molecule has 0 atom stereocenters. The second-order valence-corrected chi connectivity index (χ2v) is 9.23. The number of nitrogens with zero attached hydrogens (tertiary/aromatic N) is 2. The second-order valence-electron chi connectivity index (χ2n) is 6.74. The SMILES string of the molecule is O=C(CSc1ncccn1)Nc1sc2c(c1C(=O)Nc1ccc(Cl)cc1)CCCC2. The van der Waals surface area contributed by atoms with E-state index in [0.717, 1.165) is 31.2 Å². The highest BCUT2D eigenvalue weighted by Crippen LogP contribution is 2.38. The molecule has 1 aliphatic rings. The standard InChI is InChI=1S/C21H19ClN4O2S2/c22-13-6-8-14(9-7-13)25-19(28)18-15-4-1-2-5-16(15)30-20(18)26-17(27)12-29-21-23-10-3-11-24-21/h3,6-11H,1-2,4-5,12H2,(H,25,28)(H,26,27). The first kappa shape index (κ1) is 20.8. The number of fused-ring (bicyclic) bond motifs is 1. The Bertz CT molecular complexity index is 1050. The topological polar surface area (TPSA) is 84.0 Å². The van der Waals surface area contributed by atoms with Crippen molar-refractivity contribution in [2.75, 3.05) is 16.4 Å². The van der Waals surface area contributed by atoms with E-state index in [1.165, 1.54) is 28.0 Å². The van der Waals surface area contributed by atoms with E-state index in [9.17, 15) is 9.59 Å². The van der Waals surface area contributed by atoms with Crippen molar-refractivity contribution < 1.29 is 9.59 Å². The Balaban J connectivity index is 1.52. The average molecular weight is 459 g/mol. The molecule has 4 rings (SSSR count). The molecular formula is C21H19ClN4O2S2. The molecule has 2 amide bonds. The van der Waals surface area contributed by atoms with Crippen LogP contribution in [0.4, 0.5) is 10.7 Å². The van der Waals surface area contributed by atoms with Gasteiger partial charge in [-0.05, 0) is 61.6 Å². The Morgan fingerprint density at radius 3 is 2.57 bits per heavy atom. The van der Waals surface area contributed by atoms with Crippen LogP contribution in [-0.2, 0) is 17.6 Å². The van der Waals surface area contributed by atoms with Crippen LogP contribution in [0.15, 0.2) is 47.9 Å². The minimum absolute atomic E-state index is 0.171. The minimum Gasteiger partial charge on any atom is -0.322 e. The molecule has 0 aliphatic heterocycles. The van der Waals surface area contributed by atoms with Gasteiger partial charge in [-0.3, -0.25) is 9.59 Å². The van der Waals surface area contributed by atoms with Crippen molar-refractivity contribution in [1.82, 2.24) is 9.97 Å².